The van der Waals surface area contributed by atoms with Gasteiger partial charge in [-0.2, -0.15) is 0 Å². The van der Waals surface area contributed by atoms with Crippen LogP contribution in [0, 0.1) is 0 Å². The summed E-state index contributed by atoms with van der Waals surface area (Å²) in [6, 6.07) is 5.18. The highest BCUT2D eigenvalue weighted by atomic mass is 35.5. The van der Waals surface area contributed by atoms with Gasteiger partial charge in [0.05, 0.1) is 22.2 Å². The smallest absolute Gasteiger partial charge is 0.232 e. The molecule has 150 valence electrons. The molecule has 1 aliphatic carbocycles. The third-order valence-electron chi connectivity index (χ3n) is 4.50. The normalized spacial score (nSPS) is 14.2. The first-order chi connectivity index (χ1) is 13.4. The fourth-order valence-electron chi connectivity index (χ4n) is 3.02. The lowest BCUT2D eigenvalue weighted by atomic mass is 10.2. The van der Waals surface area contributed by atoms with E-state index in [1.807, 2.05) is 0 Å². The molecule has 28 heavy (non-hydrogen) atoms. The van der Waals surface area contributed by atoms with Crippen LogP contribution in [0.2, 0.25) is 10.0 Å². The maximum absolute atomic E-state index is 12.3. The Balaban J connectivity index is 1.51. The summed E-state index contributed by atoms with van der Waals surface area (Å²) in [5, 5.41) is 15.3. The average Bonchev–Trinajstić information content (AvgIpc) is 3.27. The first-order valence-corrected chi connectivity index (χ1v) is 10.7. The Hall–Kier alpha value is -1.77. The van der Waals surface area contributed by atoms with Crippen LogP contribution in [0.1, 0.15) is 31.5 Å². The van der Waals surface area contributed by atoms with Crippen molar-refractivity contribution < 1.29 is 9.59 Å². The van der Waals surface area contributed by atoms with Gasteiger partial charge in [0.1, 0.15) is 5.82 Å². The molecule has 0 spiro atoms. The number of carbonyl (C=O) groups is 2. The zero-order valence-electron chi connectivity index (χ0n) is 15.4. The average molecular weight is 442 g/mol. The second-order valence-electron chi connectivity index (χ2n) is 6.65. The van der Waals surface area contributed by atoms with E-state index in [2.05, 4.69) is 20.8 Å². The second kappa shape index (κ2) is 9.62. The van der Waals surface area contributed by atoms with Gasteiger partial charge in [-0.25, -0.2) is 0 Å². The Kier molecular flexibility index (Phi) is 7.20. The number of benzene rings is 1. The van der Waals surface area contributed by atoms with Crippen molar-refractivity contribution in [3.05, 3.63) is 34.1 Å². The van der Waals surface area contributed by atoms with Crippen LogP contribution in [-0.2, 0) is 23.1 Å². The van der Waals surface area contributed by atoms with Crippen molar-refractivity contribution in [2.24, 2.45) is 7.05 Å². The van der Waals surface area contributed by atoms with E-state index >= 15 is 0 Å². The number of nitrogens with one attached hydrogen (secondary N) is 2. The lowest BCUT2D eigenvalue weighted by Gasteiger charge is -2.11. The molecular weight excluding hydrogens is 421 g/mol. The molecular formula is C18H21Cl2N5O2S. The van der Waals surface area contributed by atoms with Crippen molar-refractivity contribution >= 4 is 52.5 Å². The zero-order chi connectivity index (χ0) is 20.1. The van der Waals surface area contributed by atoms with Gasteiger partial charge in [-0.1, -0.05) is 47.8 Å². The van der Waals surface area contributed by atoms with Crippen LogP contribution in [-0.4, -0.2) is 38.4 Å². The van der Waals surface area contributed by atoms with Gasteiger partial charge in [0.2, 0.25) is 11.8 Å². The summed E-state index contributed by atoms with van der Waals surface area (Å²) in [5.41, 5.74) is 0.555. The molecule has 0 unspecified atom stereocenters. The summed E-state index contributed by atoms with van der Waals surface area (Å²) in [6.07, 6.45) is 4.51. The number of nitrogens with zero attached hydrogens (tertiary/aromatic N) is 3. The molecule has 2 amide bonds. The molecule has 2 aromatic rings. The van der Waals surface area contributed by atoms with Gasteiger partial charge in [0.25, 0.3) is 0 Å². The van der Waals surface area contributed by atoms with Crippen LogP contribution in [0.5, 0.6) is 0 Å². The number of hydrogen-bond donors (Lipinski definition) is 2. The number of hydrogen-bond acceptors (Lipinski definition) is 5. The zero-order valence-corrected chi connectivity index (χ0v) is 17.7. The quantitative estimate of drug-likeness (QED) is 0.642. The predicted octanol–water partition coefficient (Wildman–Crippen LogP) is 3.45. The van der Waals surface area contributed by atoms with E-state index in [0.717, 1.165) is 12.8 Å². The van der Waals surface area contributed by atoms with Crippen LogP contribution in [0.3, 0.4) is 0 Å². The summed E-state index contributed by atoms with van der Waals surface area (Å²) in [5.74, 6) is 0.539. The van der Waals surface area contributed by atoms with Crippen LogP contribution in [0.15, 0.2) is 23.4 Å². The fourth-order valence-corrected chi connectivity index (χ4v) is 4.06. The second-order valence-corrected chi connectivity index (χ2v) is 8.41. The number of thioether (sulfide) groups is 1. The number of carbonyl (C=O) groups excluding carboxylic acids is 2. The molecule has 0 bridgehead atoms. The summed E-state index contributed by atoms with van der Waals surface area (Å²) in [4.78, 5) is 24.3. The molecule has 0 saturated heterocycles. The van der Waals surface area contributed by atoms with Gasteiger partial charge < -0.3 is 15.2 Å². The van der Waals surface area contributed by atoms with E-state index in [9.17, 15) is 9.59 Å². The van der Waals surface area contributed by atoms with Gasteiger partial charge in [-0.15, -0.1) is 10.2 Å². The van der Waals surface area contributed by atoms with Crippen molar-refractivity contribution in [2.45, 2.75) is 43.3 Å². The van der Waals surface area contributed by atoms with Crippen molar-refractivity contribution in [3.8, 4) is 0 Å². The van der Waals surface area contributed by atoms with Gasteiger partial charge in [-0.05, 0) is 31.0 Å². The number of halogens is 2. The van der Waals surface area contributed by atoms with Gasteiger partial charge in [0, 0.05) is 18.8 Å². The standard InChI is InChI=1S/C18H21Cl2N5O2S/c1-25-15(9-16(26)22-12-6-7-13(19)14(20)8-12)23-24-18(25)28-10-17(27)21-11-4-2-3-5-11/h6-8,11H,2-5,9-10H2,1H3,(H,21,27)(H,22,26). The van der Waals surface area contributed by atoms with E-state index in [4.69, 9.17) is 23.2 Å². The fraction of sp³-hybridized carbons (Fsp3) is 0.444. The maximum Gasteiger partial charge on any atom is 0.232 e. The first-order valence-electron chi connectivity index (χ1n) is 8.97. The van der Waals surface area contributed by atoms with E-state index in [0.29, 0.717) is 32.8 Å². The lowest BCUT2D eigenvalue weighted by molar-refractivity contribution is -0.119. The van der Waals surface area contributed by atoms with Crippen LogP contribution < -0.4 is 10.6 Å². The van der Waals surface area contributed by atoms with Crippen molar-refractivity contribution in [1.82, 2.24) is 20.1 Å². The van der Waals surface area contributed by atoms with E-state index in [1.165, 1.54) is 24.6 Å². The molecule has 0 radical (unpaired) electrons. The molecule has 0 aliphatic heterocycles. The van der Waals surface area contributed by atoms with Gasteiger partial charge >= 0.3 is 0 Å². The molecule has 2 N–H and O–H groups in total. The monoisotopic (exact) mass is 441 g/mol. The predicted molar refractivity (Wildman–Crippen MR) is 111 cm³/mol. The van der Waals surface area contributed by atoms with E-state index in [1.54, 1.807) is 29.8 Å². The van der Waals surface area contributed by atoms with Crippen LogP contribution in [0.4, 0.5) is 5.69 Å². The summed E-state index contributed by atoms with van der Waals surface area (Å²) in [6.45, 7) is 0. The first kappa shape index (κ1) is 21.0. The van der Waals surface area contributed by atoms with Crippen molar-refractivity contribution in [1.29, 1.82) is 0 Å². The topological polar surface area (TPSA) is 88.9 Å². The minimum absolute atomic E-state index is 0.00110. The van der Waals surface area contributed by atoms with Crippen molar-refractivity contribution in [2.75, 3.05) is 11.1 Å². The van der Waals surface area contributed by atoms with Crippen LogP contribution in [0.25, 0.3) is 0 Å². The largest absolute Gasteiger partial charge is 0.353 e. The highest BCUT2D eigenvalue weighted by molar-refractivity contribution is 7.99. The van der Waals surface area contributed by atoms with E-state index < -0.39 is 0 Å². The Labute approximate surface area is 177 Å². The molecule has 10 heteroatoms. The molecule has 0 atom stereocenters. The van der Waals surface area contributed by atoms with Gasteiger partial charge in [-0.3, -0.25) is 9.59 Å². The molecule has 3 rings (SSSR count). The Morgan fingerprint density at radius 2 is 1.93 bits per heavy atom. The number of aromatic nitrogens is 3. The van der Waals surface area contributed by atoms with Crippen molar-refractivity contribution in [3.63, 3.8) is 0 Å². The SMILES string of the molecule is Cn1c(CC(=O)Nc2ccc(Cl)c(Cl)c2)nnc1SCC(=O)NC1CCCC1. The number of rotatable bonds is 7. The molecule has 7 nitrogen and oxygen atoms in total. The minimum Gasteiger partial charge on any atom is -0.353 e. The molecule has 1 fully saturated rings. The minimum atomic E-state index is -0.246. The molecule has 1 aromatic heterocycles. The van der Waals surface area contributed by atoms with E-state index in [-0.39, 0.29) is 24.0 Å². The third kappa shape index (κ3) is 5.62. The van der Waals surface area contributed by atoms with Gasteiger partial charge in [0.15, 0.2) is 5.16 Å². The maximum atomic E-state index is 12.3. The third-order valence-corrected chi connectivity index (χ3v) is 6.26. The summed E-state index contributed by atoms with van der Waals surface area (Å²) in [7, 11) is 1.78. The Bertz CT molecular complexity index is 868. The molecule has 1 heterocycles. The summed E-state index contributed by atoms with van der Waals surface area (Å²) < 4.78 is 1.72. The molecule has 1 aromatic carbocycles. The number of amides is 2. The van der Waals surface area contributed by atoms with Crippen LogP contribution >= 0.6 is 35.0 Å². The highest BCUT2D eigenvalue weighted by Gasteiger charge is 2.18. The number of anilines is 1. The Morgan fingerprint density at radius 3 is 2.64 bits per heavy atom. The molecule has 1 aliphatic rings. The summed E-state index contributed by atoms with van der Waals surface area (Å²) >= 11 is 13.1. The molecule has 1 saturated carbocycles. The Morgan fingerprint density at radius 1 is 1.18 bits per heavy atom. The lowest BCUT2D eigenvalue weighted by Crippen LogP contribution is -2.33. The highest BCUT2D eigenvalue weighted by Crippen LogP contribution is 2.25.